The molecule has 4 atom stereocenters. The number of nitrogens with one attached hydrogen (secondary N) is 1. The van der Waals surface area contributed by atoms with E-state index in [1.54, 1.807) is 31.2 Å². The van der Waals surface area contributed by atoms with Crippen molar-refractivity contribution in [2.24, 2.45) is 11.8 Å². The van der Waals surface area contributed by atoms with E-state index in [2.05, 4.69) is 5.32 Å². The molecule has 0 aromatic heterocycles. The summed E-state index contributed by atoms with van der Waals surface area (Å²) in [4.78, 5) is 12.6. The van der Waals surface area contributed by atoms with Crippen LogP contribution < -0.4 is 9.62 Å². The van der Waals surface area contributed by atoms with Gasteiger partial charge in [-0.25, -0.2) is 8.42 Å². The maximum atomic E-state index is 12.6. The summed E-state index contributed by atoms with van der Waals surface area (Å²) >= 11 is 0. The van der Waals surface area contributed by atoms with Crippen LogP contribution in [0.15, 0.2) is 30.3 Å². The monoisotopic (exact) mass is 336 g/mol. The second-order valence-corrected chi connectivity index (χ2v) is 8.72. The molecule has 2 aliphatic rings. The third kappa shape index (κ3) is 3.37. The van der Waals surface area contributed by atoms with Crippen LogP contribution in [0.5, 0.6) is 0 Å². The smallest absolute Gasteiger partial charge is 0.243 e. The summed E-state index contributed by atoms with van der Waals surface area (Å²) in [5, 5.41) is 3.09. The molecule has 2 bridgehead atoms. The molecular weight excluding hydrogens is 312 g/mol. The van der Waals surface area contributed by atoms with Crippen molar-refractivity contribution in [2.75, 3.05) is 10.6 Å². The Morgan fingerprint density at radius 2 is 1.91 bits per heavy atom. The maximum absolute atomic E-state index is 12.6. The van der Waals surface area contributed by atoms with E-state index in [0.717, 1.165) is 18.6 Å². The Balaban J connectivity index is 1.75. The Kier molecular flexibility index (Phi) is 4.36. The predicted molar refractivity (Wildman–Crippen MR) is 90.6 cm³/mol. The Hall–Kier alpha value is -1.56. The summed E-state index contributed by atoms with van der Waals surface area (Å²) < 4.78 is 25.6. The zero-order chi connectivity index (χ0) is 16.6. The lowest BCUT2D eigenvalue weighted by molar-refractivity contribution is -0.122. The molecule has 0 aliphatic heterocycles. The molecule has 1 unspecified atom stereocenters. The Morgan fingerprint density at radius 3 is 2.43 bits per heavy atom. The average Bonchev–Trinajstić information content (AvgIpc) is 3.09. The van der Waals surface area contributed by atoms with E-state index in [1.165, 1.54) is 23.6 Å². The van der Waals surface area contributed by atoms with Crippen molar-refractivity contribution in [3.8, 4) is 0 Å². The first-order valence-electron chi connectivity index (χ1n) is 8.21. The molecule has 0 radical (unpaired) electrons. The molecule has 5 nitrogen and oxygen atoms in total. The number of benzene rings is 1. The zero-order valence-electron chi connectivity index (χ0n) is 13.6. The van der Waals surface area contributed by atoms with Gasteiger partial charge in [0.1, 0.15) is 6.04 Å². The number of rotatable bonds is 5. The van der Waals surface area contributed by atoms with Gasteiger partial charge in [0, 0.05) is 6.04 Å². The summed E-state index contributed by atoms with van der Waals surface area (Å²) in [6, 6.07) is 8.24. The molecule has 2 saturated carbocycles. The van der Waals surface area contributed by atoms with Gasteiger partial charge in [0.05, 0.1) is 11.9 Å². The molecule has 2 fully saturated rings. The van der Waals surface area contributed by atoms with Gasteiger partial charge in [-0.3, -0.25) is 9.10 Å². The SMILES string of the molecule is CC(C(=O)N[C@@H]1C[C@@H]2CC[C@H]1C2)N(c1ccccc1)S(C)(=O)=O. The van der Waals surface area contributed by atoms with Crippen LogP contribution in [0.2, 0.25) is 0 Å². The lowest BCUT2D eigenvalue weighted by Crippen LogP contribution is -2.51. The van der Waals surface area contributed by atoms with E-state index in [1.807, 2.05) is 6.07 Å². The molecule has 2 aliphatic carbocycles. The normalized spacial score (nSPS) is 27.7. The van der Waals surface area contributed by atoms with Crippen molar-refractivity contribution in [2.45, 2.75) is 44.7 Å². The van der Waals surface area contributed by atoms with E-state index >= 15 is 0 Å². The molecule has 126 valence electrons. The average molecular weight is 336 g/mol. The Morgan fingerprint density at radius 1 is 1.22 bits per heavy atom. The molecule has 1 aromatic carbocycles. The molecule has 23 heavy (non-hydrogen) atoms. The zero-order valence-corrected chi connectivity index (χ0v) is 14.4. The minimum atomic E-state index is -3.53. The summed E-state index contributed by atoms with van der Waals surface area (Å²) in [6.45, 7) is 1.65. The summed E-state index contributed by atoms with van der Waals surface area (Å²) in [5.74, 6) is 1.09. The van der Waals surface area contributed by atoms with Gasteiger partial charge >= 0.3 is 0 Å². The van der Waals surface area contributed by atoms with Crippen LogP contribution in [0.4, 0.5) is 5.69 Å². The highest BCUT2D eigenvalue weighted by molar-refractivity contribution is 7.92. The number of hydrogen-bond donors (Lipinski definition) is 1. The summed E-state index contributed by atoms with van der Waals surface area (Å²) in [5.41, 5.74) is 0.519. The fourth-order valence-corrected chi connectivity index (χ4v) is 5.28. The first-order chi connectivity index (χ1) is 10.9. The lowest BCUT2D eigenvalue weighted by atomic mass is 9.95. The van der Waals surface area contributed by atoms with Gasteiger partial charge in [-0.05, 0) is 50.2 Å². The van der Waals surface area contributed by atoms with E-state index in [-0.39, 0.29) is 11.9 Å². The van der Waals surface area contributed by atoms with Gasteiger partial charge in [0.25, 0.3) is 0 Å². The predicted octanol–water partition coefficient (Wildman–Crippen LogP) is 2.15. The number of fused-ring (bicyclic) bond motifs is 2. The molecule has 6 heteroatoms. The van der Waals surface area contributed by atoms with Gasteiger partial charge < -0.3 is 5.32 Å². The summed E-state index contributed by atoms with van der Waals surface area (Å²) in [6.07, 6.45) is 5.83. The number of amides is 1. The van der Waals surface area contributed by atoms with Crippen molar-refractivity contribution < 1.29 is 13.2 Å². The Bertz CT molecular complexity index is 674. The molecular formula is C17H24N2O3S. The largest absolute Gasteiger partial charge is 0.351 e. The second-order valence-electron chi connectivity index (χ2n) is 6.86. The first kappa shape index (κ1) is 16.3. The fourth-order valence-electron chi connectivity index (χ4n) is 4.11. The number of sulfonamides is 1. The van der Waals surface area contributed by atoms with E-state index in [0.29, 0.717) is 11.6 Å². The van der Waals surface area contributed by atoms with Crippen molar-refractivity contribution in [1.82, 2.24) is 5.32 Å². The number of nitrogens with zero attached hydrogens (tertiary/aromatic N) is 1. The third-order valence-corrected chi connectivity index (χ3v) is 6.41. The quantitative estimate of drug-likeness (QED) is 0.896. The highest BCUT2D eigenvalue weighted by Gasteiger charge is 2.41. The van der Waals surface area contributed by atoms with Crippen LogP contribution in [0, 0.1) is 11.8 Å². The standard InChI is InChI=1S/C17H24N2O3S/c1-12(17(20)18-16-11-13-8-9-14(16)10-13)19(23(2,21)22)15-6-4-3-5-7-15/h3-7,12-14,16H,8-11H2,1-2H3,(H,18,20)/t12?,13-,14+,16-/m1/s1. The first-order valence-corrected chi connectivity index (χ1v) is 10.1. The van der Waals surface area contributed by atoms with Gasteiger partial charge in [-0.15, -0.1) is 0 Å². The highest BCUT2D eigenvalue weighted by atomic mass is 32.2. The van der Waals surface area contributed by atoms with E-state index in [9.17, 15) is 13.2 Å². The van der Waals surface area contributed by atoms with Crippen LogP contribution in [0.1, 0.15) is 32.6 Å². The van der Waals surface area contributed by atoms with Crippen LogP contribution in [0.25, 0.3) is 0 Å². The van der Waals surface area contributed by atoms with Gasteiger partial charge in [-0.1, -0.05) is 24.6 Å². The fraction of sp³-hybridized carbons (Fsp3) is 0.588. The van der Waals surface area contributed by atoms with Crippen LogP contribution in [0.3, 0.4) is 0 Å². The van der Waals surface area contributed by atoms with E-state index < -0.39 is 16.1 Å². The topological polar surface area (TPSA) is 66.5 Å². The minimum Gasteiger partial charge on any atom is -0.351 e. The second kappa shape index (κ2) is 6.15. The number of carbonyl (C=O) groups is 1. The summed E-state index contributed by atoms with van der Waals surface area (Å²) in [7, 11) is -3.53. The van der Waals surface area contributed by atoms with Crippen LogP contribution in [-0.2, 0) is 14.8 Å². The molecule has 3 rings (SSSR count). The Labute approximate surface area is 138 Å². The number of anilines is 1. The molecule has 1 N–H and O–H groups in total. The molecule has 0 spiro atoms. The van der Waals surface area contributed by atoms with Gasteiger partial charge in [0.15, 0.2) is 0 Å². The molecule has 0 saturated heterocycles. The minimum absolute atomic E-state index is 0.209. The van der Waals surface area contributed by atoms with Crippen molar-refractivity contribution in [3.63, 3.8) is 0 Å². The highest BCUT2D eigenvalue weighted by Crippen LogP contribution is 2.44. The molecule has 1 aromatic rings. The number of para-hydroxylation sites is 1. The molecule has 1 amide bonds. The number of carbonyl (C=O) groups excluding carboxylic acids is 1. The van der Waals surface area contributed by atoms with Crippen LogP contribution >= 0.6 is 0 Å². The van der Waals surface area contributed by atoms with Crippen molar-refractivity contribution in [3.05, 3.63) is 30.3 Å². The van der Waals surface area contributed by atoms with Crippen molar-refractivity contribution in [1.29, 1.82) is 0 Å². The van der Waals surface area contributed by atoms with Crippen LogP contribution in [-0.4, -0.2) is 32.7 Å². The van der Waals surface area contributed by atoms with E-state index in [4.69, 9.17) is 0 Å². The number of hydrogen-bond acceptors (Lipinski definition) is 3. The van der Waals surface area contributed by atoms with Gasteiger partial charge in [0.2, 0.25) is 15.9 Å². The lowest BCUT2D eigenvalue weighted by Gasteiger charge is -2.30. The maximum Gasteiger partial charge on any atom is 0.243 e. The van der Waals surface area contributed by atoms with Gasteiger partial charge in [-0.2, -0.15) is 0 Å². The van der Waals surface area contributed by atoms with Crippen molar-refractivity contribution >= 4 is 21.6 Å². The third-order valence-electron chi connectivity index (χ3n) is 5.16. The molecule has 0 heterocycles.